The Morgan fingerprint density at radius 2 is 1.89 bits per heavy atom. The number of benzene rings is 2. The van der Waals surface area contributed by atoms with Crippen LogP contribution in [-0.4, -0.2) is 50.1 Å². The molecule has 0 saturated carbocycles. The third kappa shape index (κ3) is 6.31. The highest BCUT2D eigenvalue weighted by molar-refractivity contribution is 7.52. The SMILES string of the molecule is CC1(NP(=O)(OCC2OC(n3ccc(N)nc3=O)[C@](C)(O)[C@@H]2O)Oc2ccc(Cl)cc2)C(=O)OCc2c(C(F)(F)F)cccc21. The van der Waals surface area contributed by atoms with Crippen LogP contribution < -0.4 is 21.0 Å². The Balaban J connectivity index is 1.48. The summed E-state index contributed by atoms with van der Waals surface area (Å²) >= 11 is 5.93. The molecule has 45 heavy (non-hydrogen) atoms. The van der Waals surface area contributed by atoms with E-state index in [9.17, 15) is 37.5 Å². The molecule has 1 aromatic heterocycles. The molecule has 2 aliphatic rings. The number of anilines is 1. The number of halogens is 4. The maximum atomic E-state index is 14.3. The van der Waals surface area contributed by atoms with E-state index >= 15 is 0 Å². The van der Waals surface area contributed by atoms with Crippen LogP contribution in [-0.2, 0) is 41.7 Å². The number of carbonyl (C=O) groups excluding carboxylic acids is 1. The number of nitrogens with zero attached hydrogens (tertiary/aromatic N) is 2. The number of rotatable bonds is 8. The monoisotopic (exact) mass is 674 g/mol. The Bertz CT molecular complexity index is 1720. The molecule has 5 N–H and O–H groups in total. The first-order valence-corrected chi connectivity index (χ1v) is 15.1. The molecule has 5 rings (SSSR count). The van der Waals surface area contributed by atoms with Gasteiger partial charge >= 0.3 is 25.6 Å². The molecule has 1 fully saturated rings. The molecular formula is C27H27ClF3N4O9P. The molecule has 0 amide bonds. The van der Waals surface area contributed by atoms with Crippen molar-refractivity contribution in [1.29, 1.82) is 0 Å². The molecule has 3 heterocycles. The number of nitrogens with one attached hydrogen (secondary N) is 1. The number of hydrogen-bond acceptors (Lipinski definition) is 11. The van der Waals surface area contributed by atoms with E-state index in [2.05, 4.69) is 10.1 Å². The Hall–Kier alpha value is -3.50. The molecule has 0 radical (unpaired) electrons. The second-order valence-corrected chi connectivity index (χ2v) is 12.8. The summed E-state index contributed by atoms with van der Waals surface area (Å²) in [5, 5.41) is 24.7. The van der Waals surface area contributed by atoms with E-state index in [0.717, 1.165) is 23.6 Å². The van der Waals surface area contributed by atoms with Crippen molar-refractivity contribution >= 4 is 31.1 Å². The molecule has 6 atom stereocenters. The molecule has 13 nitrogen and oxygen atoms in total. The van der Waals surface area contributed by atoms with Crippen LogP contribution in [0, 0.1) is 0 Å². The van der Waals surface area contributed by atoms with Crippen molar-refractivity contribution < 1.29 is 51.3 Å². The molecule has 1 saturated heterocycles. The van der Waals surface area contributed by atoms with Gasteiger partial charge in [0.25, 0.3) is 0 Å². The summed E-state index contributed by atoms with van der Waals surface area (Å²) in [6.45, 7) is 0.865. The van der Waals surface area contributed by atoms with Gasteiger partial charge in [-0.1, -0.05) is 23.7 Å². The van der Waals surface area contributed by atoms with E-state index in [0.29, 0.717) is 5.02 Å². The zero-order valence-corrected chi connectivity index (χ0v) is 25.2. The molecule has 0 spiro atoms. The van der Waals surface area contributed by atoms with Crippen LogP contribution in [0.4, 0.5) is 19.0 Å². The van der Waals surface area contributed by atoms with Gasteiger partial charge in [-0.3, -0.25) is 9.09 Å². The fourth-order valence-corrected chi connectivity index (χ4v) is 6.91. The van der Waals surface area contributed by atoms with Crippen LogP contribution in [0.15, 0.2) is 59.5 Å². The minimum absolute atomic E-state index is 0.0791. The van der Waals surface area contributed by atoms with Gasteiger partial charge < -0.3 is 29.9 Å². The van der Waals surface area contributed by atoms with Crippen molar-refractivity contribution in [3.05, 3.63) is 86.9 Å². The van der Waals surface area contributed by atoms with Gasteiger partial charge in [-0.05, 0) is 55.8 Å². The number of nitrogen functional groups attached to an aromatic ring is 1. The second kappa shape index (κ2) is 11.7. The normalized spacial score (nSPS) is 27.8. The van der Waals surface area contributed by atoms with Gasteiger partial charge in [-0.25, -0.2) is 14.2 Å². The number of aromatic nitrogens is 2. The van der Waals surface area contributed by atoms with Gasteiger partial charge in [-0.15, -0.1) is 0 Å². The second-order valence-electron chi connectivity index (χ2n) is 10.7. The van der Waals surface area contributed by atoms with Crippen LogP contribution in [0.3, 0.4) is 0 Å². The summed E-state index contributed by atoms with van der Waals surface area (Å²) in [5.74, 6) is -1.25. The number of ether oxygens (including phenoxy) is 2. The zero-order valence-electron chi connectivity index (χ0n) is 23.5. The summed E-state index contributed by atoms with van der Waals surface area (Å²) < 4.78 is 78.7. The molecular weight excluding hydrogens is 648 g/mol. The Morgan fingerprint density at radius 1 is 1.20 bits per heavy atom. The van der Waals surface area contributed by atoms with Crippen molar-refractivity contribution in [3.8, 4) is 5.75 Å². The summed E-state index contributed by atoms with van der Waals surface area (Å²) in [4.78, 5) is 29.1. The van der Waals surface area contributed by atoms with Gasteiger partial charge in [0.2, 0.25) is 0 Å². The van der Waals surface area contributed by atoms with Crippen LogP contribution in [0.5, 0.6) is 5.75 Å². The Kier molecular flexibility index (Phi) is 8.55. The smallest absolute Gasteiger partial charge is 0.459 e. The maximum absolute atomic E-state index is 14.3. The molecule has 0 aliphatic carbocycles. The fraction of sp³-hybridized carbons (Fsp3) is 0.370. The topological polar surface area (TPSA) is 184 Å². The molecule has 0 bridgehead atoms. The number of hydrogen-bond donors (Lipinski definition) is 4. The van der Waals surface area contributed by atoms with Gasteiger partial charge in [0, 0.05) is 16.8 Å². The first kappa shape index (κ1) is 32.9. The number of carbonyl (C=O) groups is 1. The molecule has 2 aromatic carbocycles. The van der Waals surface area contributed by atoms with Crippen molar-refractivity contribution in [2.45, 2.75) is 56.2 Å². The average Bonchev–Trinajstić information content (AvgIpc) is 3.18. The minimum atomic E-state index is -4.81. The summed E-state index contributed by atoms with van der Waals surface area (Å²) in [7, 11) is -4.81. The molecule has 4 unspecified atom stereocenters. The van der Waals surface area contributed by atoms with Crippen LogP contribution in [0.25, 0.3) is 0 Å². The average molecular weight is 675 g/mol. The minimum Gasteiger partial charge on any atom is -0.459 e. The lowest BCUT2D eigenvalue weighted by molar-refractivity contribution is -0.156. The lowest BCUT2D eigenvalue weighted by Crippen LogP contribution is -2.50. The standard InChI is InChI=1S/C27H27ClF3N4O9P/c1-25(17-4-3-5-18(27(29,30)31)16(17)12-41-23(25)37)34-45(40,44-15-8-6-14(28)7-9-15)42-13-19-21(36)26(2,39)22(43-19)35-11-10-20(32)33-24(35)38/h3-11,19,21-22,36,39H,12-13H2,1-2H3,(H,34,40)(H2,32,33,38)/t19?,21-,22?,25?,26-,45?/m1/s1. The number of alkyl halides is 3. The van der Waals surface area contributed by atoms with E-state index in [-0.39, 0.29) is 22.7 Å². The largest absolute Gasteiger partial charge is 0.460 e. The third-order valence-corrected chi connectivity index (χ3v) is 9.36. The van der Waals surface area contributed by atoms with Crippen molar-refractivity contribution in [2.24, 2.45) is 0 Å². The van der Waals surface area contributed by atoms with Crippen molar-refractivity contribution in [1.82, 2.24) is 14.6 Å². The first-order valence-electron chi connectivity index (χ1n) is 13.2. The number of fused-ring (bicyclic) bond motifs is 1. The van der Waals surface area contributed by atoms with E-state index in [1.807, 2.05) is 0 Å². The van der Waals surface area contributed by atoms with E-state index in [1.165, 1.54) is 49.5 Å². The zero-order chi connectivity index (χ0) is 32.9. The van der Waals surface area contributed by atoms with Gasteiger partial charge in [0.05, 0.1) is 12.2 Å². The number of cyclic esters (lactones) is 1. The summed E-state index contributed by atoms with van der Waals surface area (Å²) in [6, 6.07) is 9.85. The highest BCUT2D eigenvalue weighted by atomic mass is 35.5. The van der Waals surface area contributed by atoms with E-state index in [4.69, 9.17) is 35.9 Å². The summed E-state index contributed by atoms with van der Waals surface area (Å²) in [6.07, 6.45) is -8.28. The number of nitrogens with two attached hydrogens (primary N) is 1. The van der Waals surface area contributed by atoms with Gasteiger partial charge in [0.1, 0.15) is 41.5 Å². The highest BCUT2D eigenvalue weighted by Crippen LogP contribution is 2.51. The van der Waals surface area contributed by atoms with Crippen molar-refractivity contribution in [2.75, 3.05) is 12.3 Å². The Labute approximate surface area is 258 Å². The third-order valence-electron chi connectivity index (χ3n) is 7.44. The molecule has 2 aliphatic heterocycles. The van der Waals surface area contributed by atoms with E-state index < -0.39 is 73.9 Å². The molecule has 242 valence electrons. The van der Waals surface area contributed by atoms with Gasteiger partial charge in [0.15, 0.2) is 6.23 Å². The van der Waals surface area contributed by atoms with Gasteiger partial charge in [-0.2, -0.15) is 23.2 Å². The Morgan fingerprint density at radius 3 is 2.53 bits per heavy atom. The lowest BCUT2D eigenvalue weighted by atomic mass is 9.85. The first-order chi connectivity index (χ1) is 20.9. The fourth-order valence-electron chi connectivity index (χ4n) is 5.12. The maximum Gasteiger partial charge on any atom is 0.460 e. The predicted octanol–water partition coefficient (Wildman–Crippen LogP) is 3.27. The summed E-state index contributed by atoms with van der Waals surface area (Å²) in [5.41, 5.74) is -1.27. The van der Waals surface area contributed by atoms with Crippen LogP contribution >= 0.6 is 19.3 Å². The lowest BCUT2D eigenvalue weighted by Gasteiger charge is -2.37. The number of esters is 1. The predicted molar refractivity (Wildman–Crippen MR) is 151 cm³/mol. The van der Waals surface area contributed by atoms with Crippen molar-refractivity contribution in [3.63, 3.8) is 0 Å². The van der Waals surface area contributed by atoms with Crippen LogP contribution in [0.2, 0.25) is 5.02 Å². The van der Waals surface area contributed by atoms with E-state index in [1.54, 1.807) is 0 Å². The van der Waals surface area contributed by atoms with Crippen LogP contribution in [0.1, 0.15) is 36.8 Å². The number of aliphatic hydroxyl groups excluding tert-OH is 1. The molecule has 18 heteroatoms. The highest BCUT2D eigenvalue weighted by Gasteiger charge is 2.55. The quantitative estimate of drug-likeness (QED) is 0.202. The number of aliphatic hydroxyl groups is 2. The molecule has 3 aromatic rings.